The average molecular weight is 288 g/mol. The second-order valence-electron chi connectivity index (χ2n) is 5.82. The van der Waals surface area contributed by atoms with E-state index in [4.69, 9.17) is 5.73 Å². The van der Waals surface area contributed by atoms with E-state index < -0.39 is 0 Å². The molecule has 6 heteroatoms. The first-order chi connectivity index (χ1) is 10.1. The van der Waals surface area contributed by atoms with Crippen LogP contribution in [-0.2, 0) is 4.79 Å². The molecule has 3 heterocycles. The Labute approximate surface area is 123 Å². The molecule has 112 valence electrons. The number of likely N-dealkylation sites (tertiary alicyclic amines) is 2. The Morgan fingerprint density at radius 2 is 1.95 bits per heavy atom. The maximum absolute atomic E-state index is 12.2. The van der Waals surface area contributed by atoms with Crippen LogP contribution in [0.2, 0.25) is 0 Å². The van der Waals surface area contributed by atoms with E-state index in [9.17, 15) is 9.59 Å². The van der Waals surface area contributed by atoms with Crippen molar-refractivity contribution >= 4 is 11.8 Å². The minimum absolute atomic E-state index is 0.0226. The standard InChI is InChI=1S/C15H20N4O2/c16-14(20)11-3-6-18(7-4-11)13-9-19(10-13)15(21)12-2-1-5-17-8-12/h1-2,5,8,11,13H,3-4,6-7,9-10H2,(H2,16,20). The minimum Gasteiger partial charge on any atom is -0.369 e. The molecule has 0 radical (unpaired) electrons. The van der Waals surface area contributed by atoms with E-state index in [1.165, 1.54) is 0 Å². The summed E-state index contributed by atoms with van der Waals surface area (Å²) in [7, 11) is 0. The Kier molecular flexibility index (Phi) is 3.88. The number of piperidine rings is 1. The van der Waals surface area contributed by atoms with Crippen molar-refractivity contribution in [1.29, 1.82) is 0 Å². The third-order valence-electron chi connectivity index (χ3n) is 4.51. The Morgan fingerprint density at radius 3 is 2.52 bits per heavy atom. The van der Waals surface area contributed by atoms with Gasteiger partial charge in [-0.15, -0.1) is 0 Å². The molecule has 2 aliphatic heterocycles. The van der Waals surface area contributed by atoms with E-state index in [1.54, 1.807) is 24.5 Å². The largest absolute Gasteiger partial charge is 0.369 e. The van der Waals surface area contributed by atoms with Gasteiger partial charge in [-0.25, -0.2) is 0 Å². The van der Waals surface area contributed by atoms with E-state index in [1.807, 2.05) is 4.90 Å². The van der Waals surface area contributed by atoms with Crippen LogP contribution in [0.15, 0.2) is 24.5 Å². The maximum atomic E-state index is 12.2. The molecule has 3 rings (SSSR count). The van der Waals surface area contributed by atoms with Crippen LogP contribution in [0.25, 0.3) is 0 Å². The molecule has 0 unspecified atom stereocenters. The van der Waals surface area contributed by atoms with E-state index in [0.717, 1.165) is 39.0 Å². The van der Waals surface area contributed by atoms with E-state index in [2.05, 4.69) is 9.88 Å². The van der Waals surface area contributed by atoms with Crippen LogP contribution in [0.3, 0.4) is 0 Å². The molecule has 2 fully saturated rings. The average Bonchev–Trinajstić information content (AvgIpc) is 2.47. The zero-order valence-corrected chi connectivity index (χ0v) is 11.9. The first-order valence-corrected chi connectivity index (χ1v) is 7.38. The van der Waals surface area contributed by atoms with Crippen LogP contribution in [0, 0.1) is 5.92 Å². The molecular formula is C15H20N4O2. The smallest absolute Gasteiger partial charge is 0.255 e. The summed E-state index contributed by atoms with van der Waals surface area (Å²) in [4.78, 5) is 31.6. The van der Waals surface area contributed by atoms with Crippen molar-refractivity contribution in [3.05, 3.63) is 30.1 Å². The molecule has 0 saturated carbocycles. The normalized spacial score (nSPS) is 21.0. The molecular weight excluding hydrogens is 268 g/mol. The number of pyridine rings is 1. The van der Waals surface area contributed by atoms with Crippen molar-refractivity contribution in [3.8, 4) is 0 Å². The summed E-state index contributed by atoms with van der Waals surface area (Å²) in [6.45, 7) is 3.31. The Hall–Kier alpha value is -1.95. The second-order valence-corrected chi connectivity index (χ2v) is 5.82. The summed E-state index contributed by atoms with van der Waals surface area (Å²) in [5, 5.41) is 0. The molecule has 0 atom stereocenters. The lowest BCUT2D eigenvalue weighted by Gasteiger charge is -2.47. The number of amides is 2. The third kappa shape index (κ3) is 2.90. The fourth-order valence-electron chi connectivity index (χ4n) is 3.07. The van der Waals surface area contributed by atoms with Crippen LogP contribution in [0.4, 0.5) is 0 Å². The molecule has 1 aromatic rings. The fourth-order valence-corrected chi connectivity index (χ4v) is 3.07. The number of carbonyl (C=O) groups excluding carboxylic acids is 2. The van der Waals surface area contributed by atoms with E-state index in [0.29, 0.717) is 11.6 Å². The molecule has 6 nitrogen and oxygen atoms in total. The fraction of sp³-hybridized carbons (Fsp3) is 0.533. The topological polar surface area (TPSA) is 79.5 Å². The molecule has 1 aromatic heterocycles. The Balaban J connectivity index is 1.48. The van der Waals surface area contributed by atoms with Crippen molar-refractivity contribution < 1.29 is 9.59 Å². The highest BCUT2D eigenvalue weighted by molar-refractivity contribution is 5.94. The Bertz CT molecular complexity index is 520. The molecule has 2 N–H and O–H groups in total. The first kappa shape index (κ1) is 14.0. The summed E-state index contributed by atoms with van der Waals surface area (Å²) in [6, 6.07) is 3.99. The lowest BCUT2D eigenvalue weighted by Crippen LogP contribution is -2.62. The zero-order chi connectivity index (χ0) is 14.8. The maximum Gasteiger partial charge on any atom is 0.255 e. The van der Waals surface area contributed by atoms with Gasteiger partial charge in [0.15, 0.2) is 0 Å². The number of hydrogen-bond donors (Lipinski definition) is 1. The lowest BCUT2D eigenvalue weighted by atomic mass is 9.93. The third-order valence-corrected chi connectivity index (χ3v) is 4.51. The number of carbonyl (C=O) groups is 2. The summed E-state index contributed by atoms with van der Waals surface area (Å²) >= 11 is 0. The van der Waals surface area contributed by atoms with Gasteiger partial charge < -0.3 is 10.6 Å². The second kappa shape index (κ2) is 5.81. The van der Waals surface area contributed by atoms with E-state index in [-0.39, 0.29) is 17.7 Å². The number of primary amides is 1. The number of hydrogen-bond acceptors (Lipinski definition) is 4. The zero-order valence-electron chi connectivity index (χ0n) is 11.9. The van der Waals surface area contributed by atoms with Gasteiger partial charge in [-0.3, -0.25) is 19.5 Å². The van der Waals surface area contributed by atoms with Gasteiger partial charge in [0.25, 0.3) is 5.91 Å². The van der Waals surface area contributed by atoms with Crippen LogP contribution in [-0.4, -0.2) is 58.8 Å². The van der Waals surface area contributed by atoms with E-state index >= 15 is 0 Å². The molecule has 0 bridgehead atoms. The summed E-state index contributed by atoms with van der Waals surface area (Å²) in [5.41, 5.74) is 5.99. The molecule has 0 aromatic carbocycles. The highest BCUT2D eigenvalue weighted by Gasteiger charge is 2.37. The van der Waals surface area contributed by atoms with Crippen LogP contribution >= 0.6 is 0 Å². The quantitative estimate of drug-likeness (QED) is 0.855. The monoisotopic (exact) mass is 288 g/mol. The Morgan fingerprint density at radius 1 is 1.24 bits per heavy atom. The number of nitrogens with zero attached hydrogens (tertiary/aromatic N) is 3. The van der Waals surface area contributed by atoms with Crippen molar-refractivity contribution in [3.63, 3.8) is 0 Å². The molecule has 2 saturated heterocycles. The first-order valence-electron chi connectivity index (χ1n) is 7.38. The highest BCUT2D eigenvalue weighted by atomic mass is 16.2. The molecule has 2 aliphatic rings. The van der Waals surface area contributed by atoms with Crippen LogP contribution < -0.4 is 5.73 Å². The summed E-state index contributed by atoms with van der Waals surface area (Å²) in [6.07, 6.45) is 4.94. The van der Waals surface area contributed by atoms with Gasteiger partial charge in [-0.2, -0.15) is 0 Å². The summed E-state index contributed by atoms with van der Waals surface area (Å²) < 4.78 is 0. The van der Waals surface area contributed by atoms with Gasteiger partial charge in [0.2, 0.25) is 5.91 Å². The highest BCUT2D eigenvalue weighted by Crippen LogP contribution is 2.24. The predicted molar refractivity (Wildman–Crippen MR) is 77.4 cm³/mol. The van der Waals surface area contributed by atoms with Gasteiger partial charge >= 0.3 is 0 Å². The van der Waals surface area contributed by atoms with Crippen LogP contribution in [0.1, 0.15) is 23.2 Å². The molecule has 0 spiro atoms. The predicted octanol–water partition coefficient (Wildman–Crippen LogP) is 0.103. The van der Waals surface area contributed by atoms with Gasteiger partial charge in [-0.1, -0.05) is 0 Å². The van der Waals surface area contributed by atoms with Crippen LogP contribution in [0.5, 0.6) is 0 Å². The molecule has 21 heavy (non-hydrogen) atoms. The van der Waals surface area contributed by atoms with Crippen molar-refractivity contribution in [1.82, 2.24) is 14.8 Å². The van der Waals surface area contributed by atoms with Gasteiger partial charge in [-0.05, 0) is 38.1 Å². The van der Waals surface area contributed by atoms with Crippen molar-refractivity contribution in [2.45, 2.75) is 18.9 Å². The van der Waals surface area contributed by atoms with Gasteiger partial charge in [0.05, 0.1) is 5.56 Å². The number of nitrogens with two attached hydrogens (primary N) is 1. The molecule has 2 amide bonds. The molecule has 0 aliphatic carbocycles. The summed E-state index contributed by atoms with van der Waals surface area (Å²) in [5.74, 6) is -0.113. The lowest BCUT2D eigenvalue weighted by molar-refractivity contribution is -0.123. The van der Waals surface area contributed by atoms with Crippen molar-refractivity contribution in [2.24, 2.45) is 11.7 Å². The van der Waals surface area contributed by atoms with Gasteiger partial charge in [0.1, 0.15) is 0 Å². The minimum atomic E-state index is -0.184. The SMILES string of the molecule is NC(=O)C1CCN(C2CN(C(=O)c3cccnc3)C2)CC1. The van der Waals surface area contributed by atoms with Crippen molar-refractivity contribution in [2.75, 3.05) is 26.2 Å². The number of rotatable bonds is 3. The van der Waals surface area contributed by atoms with Gasteiger partial charge in [0, 0.05) is 37.4 Å². The number of aromatic nitrogens is 1.